The van der Waals surface area contributed by atoms with E-state index in [1.54, 1.807) is 30.6 Å². The molecule has 0 aliphatic carbocycles. The molecule has 0 atom stereocenters. The fourth-order valence-corrected chi connectivity index (χ4v) is 4.57. The fourth-order valence-electron chi connectivity index (χ4n) is 4.57. The lowest BCUT2D eigenvalue weighted by atomic mass is 10.0. The highest BCUT2D eigenvalue weighted by Crippen LogP contribution is 2.28. The van der Waals surface area contributed by atoms with Crippen LogP contribution in [0.5, 0.6) is 0 Å². The van der Waals surface area contributed by atoms with E-state index < -0.39 is 0 Å². The van der Waals surface area contributed by atoms with Crippen molar-refractivity contribution in [3.05, 3.63) is 126 Å². The van der Waals surface area contributed by atoms with Crippen LogP contribution in [0.3, 0.4) is 0 Å². The molecule has 39 heavy (non-hydrogen) atoms. The number of carbonyl (C=O) groups is 1. The first-order valence-electron chi connectivity index (χ1n) is 12.9. The Hall–Kier alpha value is -5.02. The van der Waals surface area contributed by atoms with Gasteiger partial charge in [0.2, 0.25) is 0 Å². The molecule has 6 nitrogen and oxygen atoms in total. The van der Waals surface area contributed by atoms with Crippen LogP contribution in [0.4, 0.5) is 5.82 Å². The highest BCUT2D eigenvalue weighted by molar-refractivity contribution is 5.94. The number of benzene rings is 4. The van der Waals surface area contributed by atoms with Gasteiger partial charge in [-0.3, -0.25) is 4.79 Å². The SMILES string of the molecule is CC(C)Nc1ncnc2ccc(-c3cccc(CN(Cc4ccccc4)C(=O)c4ccc(C#N)cc4)c3)cc12. The summed E-state index contributed by atoms with van der Waals surface area (Å²) in [7, 11) is 0. The minimum atomic E-state index is -0.0824. The lowest BCUT2D eigenvalue weighted by Crippen LogP contribution is -2.30. The molecule has 1 heterocycles. The molecule has 5 aromatic rings. The maximum Gasteiger partial charge on any atom is 0.254 e. The molecular weight excluding hydrogens is 482 g/mol. The van der Waals surface area contributed by atoms with E-state index in [9.17, 15) is 4.79 Å². The van der Waals surface area contributed by atoms with Crippen LogP contribution in [0.15, 0.2) is 103 Å². The molecule has 1 aromatic heterocycles. The molecule has 0 aliphatic rings. The molecule has 0 radical (unpaired) electrons. The molecule has 0 aliphatic heterocycles. The Morgan fingerprint density at radius 2 is 1.56 bits per heavy atom. The molecule has 0 unspecified atom stereocenters. The van der Waals surface area contributed by atoms with E-state index in [0.717, 1.165) is 39.0 Å². The standard InChI is InChI=1S/C33H29N5O/c1-23(2)37-32-30-18-29(15-16-31(30)35-22-36-32)28-10-6-9-26(17-28)21-38(20-25-7-4-3-5-8-25)33(39)27-13-11-24(19-34)12-14-27/h3-18,22-23H,20-21H2,1-2H3,(H,35,36,37). The van der Waals surface area contributed by atoms with Crippen LogP contribution in [-0.2, 0) is 13.1 Å². The van der Waals surface area contributed by atoms with Gasteiger partial charge >= 0.3 is 0 Å². The third-order valence-electron chi connectivity index (χ3n) is 6.46. The van der Waals surface area contributed by atoms with Crippen LogP contribution in [0, 0.1) is 11.3 Å². The van der Waals surface area contributed by atoms with Gasteiger partial charge in [0.25, 0.3) is 5.91 Å². The van der Waals surface area contributed by atoms with Gasteiger partial charge in [-0.15, -0.1) is 0 Å². The second-order valence-corrected chi connectivity index (χ2v) is 9.79. The van der Waals surface area contributed by atoms with Crippen LogP contribution >= 0.6 is 0 Å². The van der Waals surface area contributed by atoms with E-state index in [1.165, 1.54) is 0 Å². The first-order chi connectivity index (χ1) is 19.0. The average Bonchev–Trinajstić information content (AvgIpc) is 2.97. The third-order valence-corrected chi connectivity index (χ3v) is 6.46. The summed E-state index contributed by atoms with van der Waals surface area (Å²) in [6.07, 6.45) is 1.58. The molecule has 6 heteroatoms. The first-order valence-corrected chi connectivity index (χ1v) is 12.9. The maximum absolute atomic E-state index is 13.6. The lowest BCUT2D eigenvalue weighted by Gasteiger charge is -2.24. The molecule has 1 N–H and O–H groups in total. The highest BCUT2D eigenvalue weighted by Gasteiger charge is 2.17. The Labute approximate surface area is 228 Å². The van der Waals surface area contributed by atoms with Crippen molar-refractivity contribution in [2.45, 2.75) is 33.0 Å². The zero-order valence-corrected chi connectivity index (χ0v) is 22.0. The van der Waals surface area contributed by atoms with Crippen molar-refractivity contribution in [2.75, 3.05) is 5.32 Å². The third kappa shape index (κ3) is 6.11. The van der Waals surface area contributed by atoms with Crippen LogP contribution in [-0.4, -0.2) is 26.8 Å². The number of hydrogen-bond donors (Lipinski definition) is 1. The number of aromatic nitrogens is 2. The summed E-state index contributed by atoms with van der Waals surface area (Å²) in [5, 5.41) is 13.5. The number of anilines is 1. The Bertz CT molecular complexity index is 1640. The Kier molecular flexibility index (Phi) is 7.60. The Balaban J connectivity index is 1.46. The quantitative estimate of drug-likeness (QED) is 0.247. The number of carbonyl (C=O) groups excluding carboxylic acids is 1. The van der Waals surface area contributed by atoms with Crippen molar-refractivity contribution < 1.29 is 4.79 Å². The number of amides is 1. The van der Waals surface area contributed by atoms with Gasteiger partial charge in [0.15, 0.2) is 0 Å². The van der Waals surface area contributed by atoms with Gasteiger partial charge < -0.3 is 10.2 Å². The lowest BCUT2D eigenvalue weighted by molar-refractivity contribution is 0.0730. The molecule has 0 fully saturated rings. The van der Waals surface area contributed by atoms with Crippen molar-refractivity contribution in [1.29, 1.82) is 5.26 Å². The molecule has 192 valence electrons. The molecule has 0 spiro atoms. The Morgan fingerprint density at radius 3 is 2.31 bits per heavy atom. The normalized spacial score (nSPS) is 10.8. The van der Waals surface area contributed by atoms with Crippen molar-refractivity contribution in [3.63, 3.8) is 0 Å². The van der Waals surface area contributed by atoms with Gasteiger partial charge in [-0.2, -0.15) is 5.26 Å². The van der Waals surface area contributed by atoms with Gasteiger partial charge in [0, 0.05) is 30.1 Å². The van der Waals surface area contributed by atoms with Crippen LogP contribution in [0.1, 0.15) is 40.9 Å². The van der Waals surface area contributed by atoms with Crippen LogP contribution in [0.25, 0.3) is 22.0 Å². The number of fused-ring (bicyclic) bond motifs is 1. The number of rotatable bonds is 8. The van der Waals surface area contributed by atoms with E-state index in [4.69, 9.17) is 5.26 Å². The van der Waals surface area contributed by atoms with Gasteiger partial charge in [-0.05, 0) is 78.6 Å². The molecular formula is C33H29N5O. The molecule has 0 saturated heterocycles. The number of hydrogen-bond acceptors (Lipinski definition) is 5. The molecule has 1 amide bonds. The fraction of sp³-hybridized carbons (Fsp3) is 0.152. The summed E-state index contributed by atoms with van der Waals surface area (Å²) in [5.74, 6) is 0.732. The van der Waals surface area contributed by atoms with Crippen molar-refractivity contribution in [3.8, 4) is 17.2 Å². The van der Waals surface area contributed by atoms with E-state index in [2.05, 4.69) is 59.5 Å². The first kappa shape index (κ1) is 25.6. The van der Waals surface area contributed by atoms with Crippen molar-refractivity contribution in [1.82, 2.24) is 14.9 Å². The zero-order valence-electron chi connectivity index (χ0n) is 22.0. The highest BCUT2D eigenvalue weighted by atomic mass is 16.2. The summed E-state index contributed by atoms with van der Waals surface area (Å²) < 4.78 is 0. The summed E-state index contributed by atoms with van der Waals surface area (Å²) in [6.45, 7) is 5.09. The minimum absolute atomic E-state index is 0.0824. The predicted molar refractivity (Wildman–Crippen MR) is 155 cm³/mol. The number of nitriles is 1. The number of nitrogens with one attached hydrogen (secondary N) is 1. The smallest absolute Gasteiger partial charge is 0.254 e. The summed E-state index contributed by atoms with van der Waals surface area (Å²) >= 11 is 0. The summed E-state index contributed by atoms with van der Waals surface area (Å²) in [5.41, 5.74) is 6.15. The van der Waals surface area contributed by atoms with E-state index in [-0.39, 0.29) is 11.9 Å². The number of nitrogens with zero attached hydrogens (tertiary/aromatic N) is 4. The second kappa shape index (κ2) is 11.6. The Morgan fingerprint density at radius 1 is 0.846 bits per heavy atom. The van der Waals surface area contributed by atoms with Crippen LogP contribution in [0.2, 0.25) is 0 Å². The van der Waals surface area contributed by atoms with E-state index in [0.29, 0.717) is 24.2 Å². The van der Waals surface area contributed by atoms with Crippen molar-refractivity contribution >= 4 is 22.6 Å². The van der Waals surface area contributed by atoms with Crippen molar-refractivity contribution in [2.24, 2.45) is 0 Å². The second-order valence-electron chi connectivity index (χ2n) is 9.79. The topological polar surface area (TPSA) is 81.9 Å². The van der Waals surface area contributed by atoms with E-state index >= 15 is 0 Å². The molecule has 5 rings (SSSR count). The molecule has 0 bridgehead atoms. The monoisotopic (exact) mass is 511 g/mol. The zero-order chi connectivity index (χ0) is 27.2. The van der Waals surface area contributed by atoms with Gasteiger partial charge in [0.1, 0.15) is 12.1 Å². The maximum atomic E-state index is 13.6. The molecule has 4 aromatic carbocycles. The predicted octanol–water partition coefficient (Wildman–Crippen LogP) is 6.83. The van der Waals surface area contributed by atoms with Gasteiger partial charge in [-0.25, -0.2) is 9.97 Å². The van der Waals surface area contributed by atoms with Gasteiger partial charge in [0.05, 0.1) is 17.1 Å². The average molecular weight is 512 g/mol. The van der Waals surface area contributed by atoms with Gasteiger partial charge in [-0.1, -0.05) is 54.6 Å². The largest absolute Gasteiger partial charge is 0.367 e. The minimum Gasteiger partial charge on any atom is -0.367 e. The summed E-state index contributed by atoms with van der Waals surface area (Å²) in [6, 6.07) is 33.6. The summed E-state index contributed by atoms with van der Waals surface area (Å²) in [4.78, 5) is 24.3. The van der Waals surface area contributed by atoms with E-state index in [1.807, 2.05) is 53.4 Å². The van der Waals surface area contributed by atoms with Crippen LogP contribution < -0.4 is 5.32 Å². The molecule has 0 saturated carbocycles.